The molecule has 0 saturated carbocycles. The second-order valence-electron chi connectivity index (χ2n) is 4.27. The lowest BCUT2D eigenvalue weighted by Crippen LogP contribution is -2.22. The van der Waals surface area contributed by atoms with Crippen LogP contribution in [0.3, 0.4) is 0 Å². The highest BCUT2D eigenvalue weighted by atomic mass is 79.9. The monoisotopic (exact) mass is 405 g/mol. The zero-order valence-corrected chi connectivity index (χ0v) is 14.1. The molecule has 0 unspecified atom stereocenters. The minimum Gasteiger partial charge on any atom is -0.451 e. The molecule has 0 aliphatic rings. The van der Waals surface area contributed by atoms with Crippen LogP contribution in [0.1, 0.15) is 22.3 Å². The van der Waals surface area contributed by atoms with Gasteiger partial charge in [0.25, 0.3) is 5.91 Å². The van der Waals surface area contributed by atoms with E-state index in [4.69, 9.17) is 4.74 Å². The summed E-state index contributed by atoms with van der Waals surface area (Å²) in [5.74, 6) is -3.23. The van der Waals surface area contributed by atoms with E-state index in [1.165, 1.54) is 0 Å². The zero-order chi connectivity index (χ0) is 17.0. The Balaban J connectivity index is 1.97. The fraction of sp³-hybridized carbons (Fsp3) is 0.231. The Hall–Kier alpha value is -1.94. The molecule has 2 rings (SSSR count). The molecule has 1 aromatic carbocycles. The van der Waals surface area contributed by atoms with Gasteiger partial charge in [-0.15, -0.1) is 5.10 Å². The maximum atomic E-state index is 13.6. The average Bonchev–Trinajstić information content (AvgIpc) is 2.97. The summed E-state index contributed by atoms with van der Waals surface area (Å²) in [5, 5.41) is 5.96. The van der Waals surface area contributed by atoms with Crippen molar-refractivity contribution in [2.75, 3.05) is 11.9 Å². The third-order valence-electron chi connectivity index (χ3n) is 2.68. The van der Waals surface area contributed by atoms with Gasteiger partial charge < -0.3 is 10.1 Å². The average molecular weight is 406 g/mol. The summed E-state index contributed by atoms with van der Waals surface area (Å²) in [6, 6.07) is 1.63. The van der Waals surface area contributed by atoms with E-state index in [1.54, 1.807) is 6.92 Å². The topological polar surface area (TPSA) is 81.2 Å². The molecule has 0 spiro atoms. The van der Waals surface area contributed by atoms with E-state index in [0.717, 1.165) is 17.6 Å². The van der Waals surface area contributed by atoms with Crippen molar-refractivity contribution < 1.29 is 23.1 Å². The number of anilines is 1. The predicted octanol–water partition coefficient (Wildman–Crippen LogP) is 2.94. The molecule has 23 heavy (non-hydrogen) atoms. The number of carbonyl (C=O) groups excluding carboxylic acids is 2. The molecule has 122 valence electrons. The number of carbonyl (C=O) groups is 2. The molecule has 2 aromatic rings. The first kappa shape index (κ1) is 17.4. The standard InChI is InChI=1S/C13H10BrF2N3O3S/c1-2-9-12(23-19-18-9)13(21)22-5-10(20)17-11-7(14)3-6(15)4-8(11)16/h3-4H,2,5H2,1H3,(H,17,20). The fourth-order valence-electron chi connectivity index (χ4n) is 1.63. The summed E-state index contributed by atoms with van der Waals surface area (Å²) in [4.78, 5) is 23.8. The van der Waals surface area contributed by atoms with Crippen molar-refractivity contribution in [1.82, 2.24) is 9.59 Å². The van der Waals surface area contributed by atoms with E-state index in [1.807, 2.05) is 0 Å². The first-order valence-corrected chi connectivity index (χ1v) is 7.91. The highest BCUT2D eigenvalue weighted by Crippen LogP contribution is 2.26. The molecule has 0 saturated heterocycles. The van der Waals surface area contributed by atoms with Gasteiger partial charge in [0.2, 0.25) is 0 Å². The van der Waals surface area contributed by atoms with E-state index in [2.05, 4.69) is 30.8 Å². The van der Waals surface area contributed by atoms with E-state index < -0.39 is 30.1 Å². The molecule has 0 atom stereocenters. The van der Waals surface area contributed by atoms with Gasteiger partial charge in [-0.1, -0.05) is 11.4 Å². The lowest BCUT2D eigenvalue weighted by Gasteiger charge is -2.09. The SMILES string of the molecule is CCc1nnsc1C(=O)OCC(=O)Nc1c(F)cc(F)cc1Br. The maximum Gasteiger partial charge on any atom is 0.352 e. The van der Waals surface area contributed by atoms with Crippen molar-refractivity contribution >= 4 is 45.0 Å². The van der Waals surface area contributed by atoms with Crippen LogP contribution in [0.5, 0.6) is 0 Å². The van der Waals surface area contributed by atoms with Crippen LogP contribution in [0.2, 0.25) is 0 Å². The molecule has 0 radical (unpaired) electrons. The molecule has 0 fully saturated rings. The van der Waals surface area contributed by atoms with Crippen LogP contribution in [-0.4, -0.2) is 28.1 Å². The number of benzene rings is 1. The molecule has 6 nitrogen and oxygen atoms in total. The molecule has 1 aromatic heterocycles. The van der Waals surface area contributed by atoms with Gasteiger partial charge >= 0.3 is 5.97 Å². The van der Waals surface area contributed by atoms with Crippen LogP contribution in [-0.2, 0) is 16.0 Å². The number of esters is 1. The number of amides is 1. The number of aryl methyl sites for hydroxylation is 1. The first-order chi connectivity index (χ1) is 10.9. The summed E-state index contributed by atoms with van der Waals surface area (Å²) >= 11 is 3.81. The van der Waals surface area contributed by atoms with Gasteiger partial charge in [-0.3, -0.25) is 4.79 Å². The van der Waals surface area contributed by atoms with E-state index in [0.29, 0.717) is 18.2 Å². The molecular formula is C13H10BrF2N3O3S. The Labute approximate surface area is 142 Å². The number of nitrogens with zero attached hydrogens (tertiary/aromatic N) is 2. The number of rotatable bonds is 5. The van der Waals surface area contributed by atoms with E-state index >= 15 is 0 Å². The van der Waals surface area contributed by atoms with Crippen LogP contribution in [0.15, 0.2) is 16.6 Å². The van der Waals surface area contributed by atoms with E-state index in [9.17, 15) is 18.4 Å². The summed E-state index contributed by atoms with van der Waals surface area (Å²) in [7, 11) is 0. The third-order valence-corrected chi connectivity index (χ3v) is 4.06. The van der Waals surface area contributed by atoms with Gasteiger partial charge in [0.05, 0.1) is 11.4 Å². The van der Waals surface area contributed by atoms with Crippen LogP contribution in [0.4, 0.5) is 14.5 Å². The summed E-state index contributed by atoms with van der Waals surface area (Å²) in [6.45, 7) is 1.18. The summed E-state index contributed by atoms with van der Waals surface area (Å²) < 4.78 is 35.1. The first-order valence-electron chi connectivity index (χ1n) is 6.35. The van der Waals surface area contributed by atoms with Gasteiger partial charge in [-0.05, 0) is 39.9 Å². The molecule has 0 aliphatic heterocycles. The maximum absolute atomic E-state index is 13.6. The third kappa shape index (κ3) is 4.29. The normalized spacial score (nSPS) is 10.4. The van der Waals surface area contributed by atoms with Crippen molar-refractivity contribution in [1.29, 1.82) is 0 Å². The van der Waals surface area contributed by atoms with Crippen molar-refractivity contribution in [3.63, 3.8) is 0 Å². The highest BCUT2D eigenvalue weighted by Gasteiger charge is 2.19. The molecular weight excluding hydrogens is 396 g/mol. The molecule has 1 amide bonds. The predicted molar refractivity (Wildman–Crippen MR) is 82.3 cm³/mol. The minimum atomic E-state index is -0.948. The number of halogens is 3. The largest absolute Gasteiger partial charge is 0.451 e. The molecule has 10 heteroatoms. The number of aromatic nitrogens is 2. The van der Waals surface area contributed by atoms with Gasteiger partial charge in [-0.2, -0.15) is 0 Å². The summed E-state index contributed by atoms with van der Waals surface area (Å²) in [5.41, 5.74) is 0.244. The van der Waals surface area contributed by atoms with Gasteiger partial charge in [0, 0.05) is 10.5 Å². The minimum absolute atomic E-state index is 0.0367. The number of hydrogen-bond acceptors (Lipinski definition) is 6. The summed E-state index contributed by atoms with van der Waals surface area (Å²) in [6.07, 6.45) is 0.501. The van der Waals surface area contributed by atoms with Crippen molar-refractivity contribution in [3.05, 3.63) is 38.8 Å². The second kappa shape index (κ2) is 7.55. The molecule has 0 aliphatic carbocycles. The lowest BCUT2D eigenvalue weighted by molar-refractivity contribution is -0.119. The number of nitrogens with one attached hydrogen (secondary N) is 1. The Bertz CT molecular complexity index is 731. The van der Waals surface area contributed by atoms with Crippen LogP contribution in [0.25, 0.3) is 0 Å². The second-order valence-corrected chi connectivity index (χ2v) is 5.88. The molecule has 0 bridgehead atoms. The molecule has 1 heterocycles. The van der Waals surface area contributed by atoms with Gasteiger partial charge in [0.15, 0.2) is 17.3 Å². The van der Waals surface area contributed by atoms with Crippen molar-refractivity contribution in [3.8, 4) is 0 Å². The van der Waals surface area contributed by atoms with Crippen LogP contribution < -0.4 is 5.32 Å². The Morgan fingerprint density at radius 3 is 2.78 bits per heavy atom. The van der Waals surface area contributed by atoms with Gasteiger partial charge in [-0.25, -0.2) is 13.6 Å². The Kier molecular flexibility index (Phi) is 5.72. The Morgan fingerprint density at radius 2 is 2.13 bits per heavy atom. The van der Waals surface area contributed by atoms with Crippen molar-refractivity contribution in [2.24, 2.45) is 0 Å². The van der Waals surface area contributed by atoms with Crippen molar-refractivity contribution in [2.45, 2.75) is 13.3 Å². The zero-order valence-electron chi connectivity index (χ0n) is 11.7. The highest BCUT2D eigenvalue weighted by molar-refractivity contribution is 9.10. The van der Waals surface area contributed by atoms with Gasteiger partial charge in [0.1, 0.15) is 5.82 Å². The van der Waals surface area contributed by atoms with Crippen LogP contribution >= 0.6 is 27.5 Å². The van der Waals surface area contributed by atoms with Crippen LogP contribution in [0, 0.1) is 11.6 Å². The number of ether oxygens (including phenoxy) is 1. The van der Waals surface area contributed by atoms with E-state index in [-0.39, 0.29) is 15.0 Å². The Morgan fingerprint density at radius 1 is 1.39 bits per heavy atom. The number of hydrogen-bond donors (Lipinski definition) is 1. The quantitative estimate of drug-likeness (QED) is 0.773. The smallest absolute Gasteiger partial charge is 0.352 e. The fourth-order valence-corrected chi connectivity index (χ4v) is 2.78. The molecule has 1 N–H and O–H groups in total. The lowest BCUT2D eigenvalue weighted by atomic mass is 10.3.